The molecule has 1 aromatic heterocycles. The molecule has 1 aromatic rings. The highest BCUT2D eigenvalue weighted by Crippen LogP contribution is 2.59. The number of H-pyrrole nitrogens is 1. The highest BCUT2D eigenvalue weighted by atomic mass is 14.8. The average Bonchev–Trinajstić information content (AvgIpc) is 2.78. The lowest BCUT2D eigenvalue weighted by molar-refractivity contribution is -0.0242. The zero-order chi connectivity index (χ0) is 10.8. The summed E-state index contributed by atoms with van der Waals surface area (Å²) in [7, 11) is 0. The fraction of sp³-hybridized carbons (Fsp3) is 0.714. The summed E-state index contributed by atoms with van der Waals surface area (Å²) in [5.74, 6) is 2.56. The van der Waals surface area contributed by atoms with Gasteiger partial charge in [-0.1, -0.05) is 0 Å². The van der Waals surface area contributed by atoms with Crippen molar-refractivity contribution in [3.05, 3.63) is 24.0 Å². The molecule has 0 amide bonds. The number of hydrogen-bond donors (Lipinski definition) is 2. The summed E-state index contributed by atoms with van der Waals surface area (Å²) in [5.41, 5.74) is 8.32. The van der Waals surface area contributed by atoms with Crippen molar-refractivity contribution in [3.63, 3.8) is 0 Å². The van der Waals surface area contributed by atoms with Crippen LogP contribution in [0.25, 0.3) is 0 Å². The first-order valence-electron chi connectivity index (χ1n) is 6.66. The maximum atomic E-state index is 6.37. The molecule has 0 aliphatic heterocycles. The van der Waals surface area contributed by atoms with Gasteiger partial charge in [0.15, 0.2) is 0 Å². The Morgan fingerprint density at radius 1 is 1.19 bits per heavy atom. The van der Waals surface area contributed by atoms with Gasteiger partial charge in [-0.15, -0.1) is 0 Å². The number of aromatic nitrogens is 1. The van der Waals surface area contributed by atoms with Crippen molar-refractivity contribution in [1.82, 2.24) is 4.98 Å². The summed E-state index contributed by atoms with van der Waals surface area (Å²) in [5, 5.41) is 0. The number of nitrogens with one attached hydrogen (secondary N) is 1. The van der Waals surface area contributed by atoms with E-state index in [2.05, 4.69) is 23.3 Å². The lowest BCUT2D eigenvalue weighted by atomic mass is 9.47. The number of hydrogen-bond acceptors (Lipinski definition) is 1. The molecule has 1 heterocycles. The molecular formula is C14H20N2. The van der Waals surface area contributed by atoms with E-state index in [1.54, 1.807) is 0 Å². The third-order valence-corrected chi connectivity index (χ3v) is 5.52. The minimum absolute atomic E-state index is 0.468. The summed E-state index contributed by atoms with van der Waals surface area (Å²) < 4.78 is 0. The van der Waals surface area contributed by atoms with Gasteiger partial charge in [0.2, 0.25) is 0 Å². The Balaban J connectivity index is 1.77. The lowest BCUT2D eigenvalue weighted by Gasteiger charge is -2.59. The molecule has 2 nitrogen and oxygen atoms in total. The van der Waals surface area contributed by atoms with Crippen molar-refractivity contribution >= 4 is 0 Å². The topological polar surface area (TPSA) is 41.8 Å². The molecule has 3 N–H and O–H groups in total. The monoisotopic (exact) mass is 216 g/mol. The molecule has 4 bridgehead atoms. The molecule has 5 rings (SSSR count). The Bertz CT molecular complexity index is 379. The standard InChI is InChI=1S/C14H20N2/c15-13-10-4-9-5-11(13)8-14(6-9,7-10)12-2-1-3-16-12/h1-3,9-11,13,16H,4-8,15H2. The normalized spacial score (nSPS) is 49.8. The summed E-state index contributed by atoms with van der Waals surface area (Å²) in [6, 6.07) is 4.94. The zero-order valence-electron chi connectivity index (χ0n) is 9.65. The summed E-state index contributed by atoms with van der Waals surface area (Å²) >= 11 is 0. The van der Waals surface area contributed by atoms with E-state index in [1.807, 2.05) is 0 Å². The average molecular weight is 216 g/mol. The fourth-order valence-electron chi connectivity index (χ4n) is 5.05. The molecule has 0 spiro atoms. The molecule has 2 heteroatoms. The van der Waals surface area contributed by atoms with Crippen LogP contribution in [0.5, 0.6) is 0 Å². The van der Waals surface area contributed by atoms with E-state index in [0.29, 0.717) is 11.5 Å². The molecular weight excluding hydrogens is 196 g/mol. The van der Waals surface area contributed by atoms with Gasteiger partial charge in [0.25, 0.3) is 0 Å². The second-order valence-corrected chi connectivity index (χ2v) is 6.41. The van der Waals surface area contributed by atoms with Gasteiger partial charge in [-0.3, -0.25) is 0 Å². The fourth-order valence-corrected chi connectivity index (χ4v) is 5.05. The van der Waals surface area contributed by atoms with Crippen LogP contribution >= 0.6 is 0 Å². The van der Waals surface area contributed by atoms with Crippen LogP contribution in [0, 0.1) is 17.8 Å². The maximum Gasteiger partial charge on any atom is 0.0210 e. The first-order chi connectivity index (χ1) is 7.77. The predicted molar refractivity (Wildman–Crippen MR) is 64.0 cm³/mol. The highest BCUT2D eigenvalue weighted by molar-refractivity contribution is 5.24. The van der Waals surface area contributed by atoms with E-state index in [4.69, 9.17) is 5.73 Å². The van der Waals surface area contributed by atoms with E-state index < -0.39 is 0 Å². The second kappa shape index (κ2) is 2.92. The van der Waals surface area contributed by atoms with E-state index >= 15 is 0 Å². The van der Waals surface area contributed by atoms with Gasteiger partial charge in [0.05, 0.1) is 0 Å². The van der Waals surface area contributed by atoms with E-state index in [0.717, 1.165) is 17.8 Å². The molecule has 2 atom stereocenters. The minimum Gasteiger partial charge on any atom is -0.365 e. The lowest BCUT2D eigenvalue weighted by Crippen LogP contribution is -2.58. The van der Waals surface area contributed by atoms with Crippen LogP contribution in [-0.2, 0) is 5.41 Å². The molecule has 0 saturated heterocycles. The molecule has 86 valence electrons. The van der Waals surface area contributed by atoms with Crippen molar-refractivity contribution < 1.29 is 0 Å². The molecule has 4 saturated carbocycles. The molecule has 16 heavy (non-hydrogen) atoms. The third kappa shape index (κ3) is 1.06. The smallest absolute Gasteiger partial charge is 0.0210 e. The van der Waals surface area contributed by atoms with Gasteiger partial charge in [0.1, 0.15) is 0 Å². The number of rotatable bonds is 1. The molecule has 4 aliphatic rings. The van der Waals surface area contributed by atoms with Crippen LogP contribution in [0.1, 0.15) is 37.8 Å². The van der Waals surface area contributed by atoms with E-state index in [9.17, 15) is 0 Å². The van der Waals surface area contributed by atoms with Crippen LogP contribution in [-0.4, -0.2) is 11.0 Å². The maximum absolute atomic E-state index is 6.37. The van der Waals surface area contributed by atoms with Crippen LogP contribution in [0.2, 0.25) is 0 Å². The third-order valence-electron chi connectivity index (χ3n) is 5.52. The molecule has 2 unspecified atom stereocenters. The Morgan fingerprint density at radius 2 is 1.94 bits per heavy atom. The Morgan fingerprint density at radius 3 is 2.56 bits per heavy atom. The molecule has 4 fully saturated rings. The summed E-state index contributed by atoms with van der Waals surface area (Å²) in [6.07, 6.45) is 8.96. The Labute approximate surface area is 96.6 Å². The van der Waals surface area contributed by atoms with Gasteiger partial charge in [-0.05, 0) is 62.0 Å². The largest absolute Gasteiger partial charge is 0.365 e. The second-order valence-electron chi connectivity index (χ2n) is 6.41. The van der Waals surface area contributed by atoms with Gasteiger partial charge in [-0.2, -0.15) is 0 Å². The van der Waals surface area contributed by atoms with Gasteiger partial charge in [-0.25, -0.2) is 0 Å². The minimum atomic E-state index is 0.468. The van der Waals surface area contributed by atoms with E-state index in [1.165, 1.54) is 37.8 Å². The van der Waals surface area contributed by atoms with Crippen molar-refractivity contribution in [2.24, 2.45) is 23.5 Å². The zero-order valence-corrected chi connectivity index (χ0v) is 9.65. The highest BCUT2D eigenvalue weighted by Gasteiger charge is 2.55. The van der Waals surface area contributed by atoms with Crippen molar-refractivity contribution in [2.75, 3.05) is 0 Å². The Kier molecular flexibility index (Phi) is 1.69. The molecule has 0 aromatic carbocycles. The van der Waals surface area contributed by atoms with Gasteiger partial charge < -0.3 is 10.7 Å². The van der Waals surface area contributed by atoms with Crippen LogP contribution in [0.3, 0.4) is 0 Å². The first-order valence-corrected chi connectivity index (χ1v) is 6.66. The summed E-state index contributed by atoms with van der Waals surface area (Å²) in [6.45, 7) is 0. The Hall–Kier alpha value is -0.760. The SMILES string of the molecule is NC1C2CC3CC1CC(c1ccc[nH]1)(C3)C2. The quantitative estimate of drug-likeness (QED) is 0.743. The molecule has 4 aliphatic carbocycles. The number of aromatic amines is 1. The van der Waals surface area contributed by atoms with Crippen molar-refractivity contribution in [1.29, 1.82) is 0 Å². The van der Waals surface area contributed by atoms with Crippen LogP contribution < -0.4 is 5.73 Å². The van der Waals surface area contributed by atoms with Crippen LogP contribution in [0.4, 0.5) is 0 Å². The van der Waals surface area contributed by atoms with Gasteiger partial charge >= 0.3 is 0 Å². The predicted octanol–water partition coefficient (Wildman–Crippen LogP) is 2.42. The van der Waals surface area contributed by atoms with Crippen molar-refractivity contribution in [3.8, 4) is 0 Å². The molecule has 0 radical (unpaired) electrons. The summed E-state index contributed by atoms with van der Waals surface area (Å²) in [4.78, 5) is 3.47. The number of nitrogens with two attached hydrogens (primary N) is 1. The first kappa shape index (κ1) is 9.29. The van der Waals surface area contributed by atoms with E-state index in [-0.39, 0.29) is 0 Å². The van der Waals surface area contributed by atoms with Crippen molar-refractivity contribution in [2.45, 2.75) is 43.6 Å². The van der Waals surface area contributed by atoms with Crippen LogP contribution in [0.15, 0.2) is 18.3 Å². The van der Waals surface area contributed by atoms with Gasteiger partial charge in [0, 0.05) is 23.3 Å².